The van der Waals surface area contributed by atoms with Gasteiger partial charge in [0.25, 0.3) is 5.91 Å². The third-order valence-corrected chi connectivity index (χ3v) is 5.77. The average Bonchev–Trinajstić information content (AvgIpc) is 3.18. The Labute approximate surface area is 162 Å². The molecule has 3 rings (SSSR count). The van der Waals surface area contributed by atoms with E-state index in [1.807, 2.05) is 17.8 Å². The normalized spacial score (nSPS) is 11.0. The standard InChI is InChI=1S/C17H16BrN3O2S2/c1-10(2)24-12-5-3-11(4-6-12)9-15-20-21-17(23-15)19-16(22)13-7-8-14(18)25-13/h3-8,10H,9H2,1-2H3,(H,19,21,22). The number of aromatic nitrogens is 2. The molecular formula is C17H16BrN3O2S2. The number of amides is 1. The molecule has 0 aliphatic heterocycles. The second kappa shape index (κ2) is 8.16. The first-order valence-corrected chi connectivity index (χ1v) is 10.1. The number of halogens is 1. The highest BCUT2D eigenvalue weighted by molar-refractivity contribution is 9.11. The number of nitrogens with one attached hydrogen (secondary N) is 1. The Kier molecular flexibility index (Phi) is 5.93. The number of carbonyl (C=O) groups excluding carboxylic acids is 1. The summed E-state index contributed by atoms with van der Waals surface area (Å²) < 4.78 is 6.41. The lowest BCUT2D eigenvalue weighted by Crippen LogP contribution is -2.10. The van der Waals surface area contributed by atoms with Crippen molar-refractivity contribution in [3.8, 4) is 0 Å². The Bertz CT molecular complexity index is 859. The maximum Gasteiger partial charge on any atom is 0.322 e. The molecule has 2 heterocycles. The number of hydrogen-bond acceptors (Lipinski definition) is 6. The van der Waals surface area contributed by atoms with Crippen LogP contribution in [0.15, 0.2) is 49.5 Å². The summed E-state index contributed by atoms with van der Waals surface area (Å²) in [6.07, 6.45) is 0.528. The molecule has 0 aliphatic rings. The van der Waals surface area contributed by atoms with Crippen molar-refractivity contribution in [1.29, 1.82) is 0 Å². The molecule has 0 fully saturated rings. The average molecular weight is 438 g/mol. The summed E-state index contributed by atoms with van der Waals surface area (Å²) in [5.74, 6) is 0.202. The van der Waals surface area contributed by atoms with Gasteiger partial charge in [0.2, 0.25) is 5.89 Å². The zero-order valence-corrected chi connectivity index (χ0v) is 16.9. The number of thioether (sulfide) groups is 1. The van der Waals surface area contributed by atoms with Gasteiger partial charge in [0.1, 0.15) is 0 Å². The second-order valence-electron chi connectivity index (χ2n) is 5.55. The van der Waals surface area contributed by atoms with Crippen molar-refractivity contribution >= 4 is 51.0 Å². The van der Waals surface area contributed by atoms with Gasteiger partial charge >= 0.3 is 6.01 Å². The fraction of sp³-hybridized carbons (Fsp3) is 0.235. The van der Waals surface area contributed by atoms with Crippen LogP contribution in [0.5, 0.6) is 0 Å². The highest BCUT2D eigenvalue weighted by Gasteiger charge is 2.13. The van der Waals surface area contributed by atoms with Crippen LogP contribution >= 0.6 is 39.0 Å². The number of carbonyl (C=O) groups is 1. The van der Waals surface area contributed by atoms with Gasteiger partial charge in [-0.15, -0.1) is 28.2 Å². The van der Waals surface area contributed by atoms with E-state index in [0.717, 1.165) is 9.35 Å². The third-order valence-electron chi connectivity index (χ3n) is 3.13. The monoisotopic (exact) mass is 437 g/mol. The van der Waals surface area contributed by atoms with Crippen LogP contribution in [-0.4, -0.2) is 21.4 Å². The highest BCUT2D eigenvalue weighted by Crippen LogP contribution is 2.24. The van der Waals surface area contributed by atoms with Gasteiger partial charge in [-0.05, 0) is 45.8 Å². The van der Waals surface area contributed by atoms with E-state index >= 15 is 0 Å². The van der Waals surface area contributed by atoms with Crippen molar-refractivity contribution in [3.05, 3.63) is 56.5 Å². The van der Waals surface area contributed by atoms with Crippen molar-refractivity contribution in [2.45, 2.75) is 30.4 Å². The lowest BCUT2D eigenvalue weighted by atomic mass is 10.1. The maximum absolute atomic E-state index is 12.1. The summed E-state index contributed by atoms with van der Waals surface area (Å²) in [6.45, 7) is 4.34. The summed E-state index contributed by atoms with van der Waals surface area (Å²) in [6, 6.07) is 11.9. The number of benzene rings is 1. The summed E-state index contributed by atoms with van der Waals surface area (Å²) in [5, 5.41) is 11.0. The van der Waals surface area contributed by atoms with Crippen LogP contribution in [0, 0.1) is 0 Å². The molecule has 5 nitrogen and oxygen atoms in total. The topological polar surface area (TPSA) is 68.0 Å². The van der Waals surface area contributed by atoms with E-state index in [4.69, 9.17) is 4.42 Å². The van der Waals surface area contributed by atoms with Crippen LogP contribution in [0.4, 0.5) is 6.01 Å². The molecule has 0 atom stereocenters. The summed E-state index contributed by atoms with van der Waals surface area (Å²) in [5.41, 5.74) is 1.08. The fourth-order valence-electron chi connectivity index (χ4n) is 2.10. The van der Waals surface area contributed by atoms with E-state index in [0.29, 0.717) is 22.4 Å². The molecule has 25 heavy (non-hydrogen) atoms. The van der Waals surface area contributed by atoms with E-state index in [9.17, 15) is 4.79 Å². The number of anilines is 1. The van der Waals surface area contributed by atoms with Crippen LogP contribution in [0.1, 0.15) is 35.0 Å². The lowest BCUT2D eigenvalue weighted by Gasteiger charge is -2.05. The minimum Gasteiger partial charge on any atom is -0.407 e. The Morgan fingerprint density at radius 2 is 2.00 bits per heavy atom. The van der Waals surface area contributed by atoms with Gasteiger partial charge in [-0.25, -0.2) is 0 Å². The minimum atomic E-state index is -0.263. The summed E-state index contributed by atoms with van der Waals surface area (Å²) in [7, 11) is 0. The Morgan fingerprint density at radius 3 is 2.64 bits per heavy atom. The Balaban J connectivity index is 1.60. The molecule has 0 radical (unpaired) electrons. The van der Waals surface area contributed by atoms with Crippen molar-refractivity contribution in [3.63, 3.8) is 0 Å². The number of nitrogens with zero attached hydrogens (tertiary/aromatic N) is 2. The first kappa shape index (κ1) is 18.2. The van der Waals surface area contributed by atoms with Gasteiger partial charge in [-0.1, -0.05) is 31.1 Å². The molecule has 0 saturated heterocycles. The zero-order valence-electron chi connectivity index (χ0n) is 13.7. The molecule has 0 aliphatic carbocycles. The van der Waals surface area contributed by atoms with Gasteiger partial charge in [0.15, 0.2) is 0 Å². The van der Waals surface area contributed by atoms with Gasteiger partial charge in [0, 0.05) is 10.1 Å². The van der Waals surface area contributed by atoms with Gasteiger partial charge in [-0.2, -0.15) is 0 Å². The summed E-state index contributed by atoms with van der Waals surface area (Å²) >= 11 is 6.50. The van der Waals surface area contributed by atoms with Crippen molar-refractivity contribution in [1.82, 2.24) is 10.2 Å². The van der Waals surface area contributed by atoms with Crippen molar-refractivity contribution in [2.75, 3.05) is 5.32 Å². The highest BCUT2D eigenvalue weighted by atomic mass is 79.9. The van der Waals surface area contributed by atoms with Crippen LogP contribution in [0.25, 0.3) is 0 Å². The van der Waals surface area contributed by atoms with Gasteiger partial charge < -0.3 is 4.42 Å². The zero-order chi connectivity index (χ0) is 17.8. The first-order chi connectivity index (χ1) is 12.0. The SMILES string of the molecule is CC(C)Sc1ccc(Cc2nnc(NC(=O)c3ccc(Br)s3)o2)cc1. The summed E-state index contributed by atoms with van der Waals surface area (Å²) in [4.78, 5) is 13.9. The molecular weight excluding hydrogens is 422 g/mol. The predicted octanol–water partition coefficient (Wildman–Crippen LogP) is 5.24. The van der Waals surface area contributed by atoms with E-state index in [-0.39, 0.29) is 11.9 Å². The largest absolute Gasteiger partial charge is 0.407 e. The van der Waals surface area contributed by atoms with E-state index in [1.165, 1.54) is 16.2 Å². The van der Waals surface area contributed by atoms with E-state index < -0.39 is 0 Å². The first-order valence-electron chi connectivity index (χ1n) is 7.64. The van der Waals surface area contributed by atoms with Gasteiger partial charge in [0.05, 0.1) is 15.1 Å². The molecule has 2 aromatic heterocycles. The molecule has 1 aromatic carbocycles. The fourth-order valence-corrected chi connectivity index (χ4v) is 4.22. The Morgan fingerprint density at radius 1 is 1.24 bits per heavy atom. The van der Waals surface area contributed by atoms with Gasteiger partial charge in [-0.3, -0.25) is 10.1 Å². The quantitative estimate of drug-likeness (QED) is 0.534. The van der Waals surface area contributed by atoms with Crippen LogP contribution in [0.2, 0.25) is 0 Å². The third kappa shape index (κ3) is 5.17. The smallest absolute Gasteiger partial charge is 0.322 e. The molecule has 1 N–H and O–H groups in total. The minimum absolute atomic E-state index is 0.108. The maximum atomic E-state index is 12.1. The predicted molar refractivity (Wildman–Crippen MR) is 105 cm³/mol. The van der Waals surface area contributed by atoms with E-state index in [2.05, 4.69) is 69.6 Å². The van der Waals surface area contributed by atoms with Crippen LogP contribution in [0.3, 0.4) is 0 Å². The molecule has 0 bridgehead atoms. The molecule has 3 aromatic rings. The van der Waals surface area contributed by atoms with Crippen LogP contribution < -0.4 is 5.32 Å². The van der Waals surface area contributed by atoms with Crippen molar-refractivity contribution in [2.24, 2.45) is 0 Å². The number of rotatable bonds is 6. The van der Waals surface area contributed by atoms with Crippen LogP contribution in [-0.2, 0) is 6.42 Å². The molecule has 130 valence electrons. The molecule has 0 spiro atoms. The Hall–Kier alpha value is -1.64. The number of hydrogen-bond donors (Lipinski definition) is 1. The number of thiophene rings is 1. The molecule has 0 saturated carbocycles. The van der Waals surface area contributed by atoms with E-state index in [1.54, 1.807) is 6.07 Å². The van der Waals surface area contributed by atoms with Crippen molar-refractivity contribution < 1.29 is 9.21 Å². The second-order valence-corrected chi connectivity index (χ2v) is 9.66. The molecule has 1 amide bonds. The lowest BCUT2D eigenvalue weighted by molar-refractivity contribution is 0.102. The molecule has 8 heteroatoms. The molecule has 0 unspecified atom stereocenters.